The number of hydrogen-bond donors (Lipinski definition) is 1. The predicted octanol–water partition coefficient (Wildman–Crippen LogP) is 4.62. The molecule has 2 rings (SSSR count). The maximum atomic E-state index is 10.3. The SMILES string of the molecule is Cc1cccc(Oc2ccc(C(C)(O)CCCl)cc2)c1. The summed E-state index contributed by atoms with van der Waals surface area (Å²) in [7, 11) is 0. The van der Waals surface area contributed by atoms with Crippen molar-refractivity contribution in [3.05, 3.63) is 59.7 Å². The number of aliphatic hydroxyl groups is 1. The third-order valence-electron chi connectivity index (χ3n) is 3.28. The zero-order valence-corrected chi connectivity index (χ0v) is 12.5. The van der Waals surface area contributed by atoms with E-state index in [0.717, 1.165) is 22.6 Å². The minimum Gasteiger partial charge on any atom is -0.457 e. The number of alkyl halides is 1. The van der Waals surface area contributed by atoms with Crippen molar-refractivity contribution in [3.63, 3.8) is 0 Å². The average Bonchev–Trinajstić information content (AvgIpc) is 2.39. The molecule has 1 atom stereocenters. The Morgan fingerprint density at radius 2 is 1.80 bits per heavy atom. The highest BCUT2D eigenvalue weighted by Gasteiger charge is 2.21. The van der Waals surface area contributed by atoms with Crippen molar-refractivity contribution < 1.29 is 9.84 Å². The van der Waals surface area contributed by atoms with E-state index >= 15 is 0 Å². The standard InChI is InChI=1S/C17H19ClO2/c1-13-4-3-5-16(12-13)20-15-8-6-14(7-9-15)17(2,19)10-11-18/h3-9,12,19H,10-11H2,1-2H3. The molecule has 0 aliphatic heterocycles. The highest BCUT2D eigenvalue weighted by Crippen LogP contribution is 2.28. The molecule has 2 aromatic rings. The zero-order valence-electron chi connectivity index (χ0n) is 11.8. The third-order valence-corrected chi connectivity index (χ3v) is 3.47. The van der Waals surface area contributed by atoms with Crippen LogP contribution in [0.4, 0.5) is 0 Å². The van der Waals surface area contributed by atoms with Crippen molar-refractivity contribution >= 4 is 11.6 Å². The number of rotatable bonds is 5. The number of benzene rings is 2. The lowest BCUT2D eigenvalue weighted by Gasteiger charge is -2.22. The summed E-state index contributed by atoms with van der Waals surface area (Å²) in [5.41, 5.74) is 1.10. The van der Waals surface area contributed by atoms with E-state index in [-0.39, 0.29) is 0 Å². The van der Waals surface area contributed by atoms with E-state index in [0.29, 0.717) is 12.3 Å². The number of halogens is 1. The highest BCUT2D eigenvalue weighted by molar-refractivity contribution is 6.17. The second-order valence-corrected chi connectivity index (χ2v) is 5.53. The van der Waals surface area contributed by atoms with Crippen LogP contribution in [0.3, 0.4) is 0 Å². The van der Waals surface area contributed by atoms with E-state index in [9.17, 15) is 5.11 Å². The Balaban J connectivity index is 2.12. The molecule has 2 nitrogen and oxygen atoms in total. The molecule has 106 valence electrons. The number of ether oxygens (including phenoxy) is 1. The van der Waals surface area contributed by atoms with Crippen LogP contribution in [0.5, 0.6) is 11.5 Å². The quantitative estimate of drug-likeness (QED) is 0.814. The van der Waals surface area contributed by atoms with Gasteiger partial charge >= 0.3 is 0 Å². The van der Waals surface area contributed by atoms with Gasteiger partial charge in [-0.2, -0.15) is 0 Å². The lowest BCUT2D eigenvalue weighted by atomic mass is 9.93. The summed E-state index contributed by atoms with van der Waals surface area (Å²) in [4.78, 5) is 0. The predicted molar refractivity (Wildman–Crippen MR) is 82.6 cm³/mol. The van der Waals surface area contributed by atoms with E-state index in [1.807, 2.05) is 55.5 Å². The van der Waals surface area contributed by atoms with Crippen molar-refractivity contribution in [2.24, 2.45) is 0 Å². The summed E-state index contributed by atoms with van der Waals surface area (Å²) in [5.74, 6) is 1.99. The van der Waals surface area contributed by atoms with Gasteiger partial charge < -0.3 is 9.84 Å². The fraction of sp³-hybridized carbons (Fsp3) is 0.294. The number of hydrogen-bond acceptors (Lipinski definition) is 2. The summed E-state index contributed by atoms with van der Waals surface area (Å²) in [5, 5.41) is 10.3. The van der Waals surface area contributed by atoms with Crippen molar-refractivity contribution in [2.75, 3.05) is 5.88 Å². The van der Waals surface area contributed by atoms with E-state index in [4.69, 9.17) is 16.3 Å². The molecule has 0 amide bonds. The van der Waals surface area contributed by atoms with Gasteiger partial charge in [-0.05, 0) is 55.7 Å². The van der Waals surface area contributed by atoms with Gasteiger partial charge in [0, 0.05) is 5.88 Å². The average molecular weight is 291 g/mol. The molecule has 0 aliphatic rings. The molecule has 0 radical (unpaired) electrons. The van der Waals surface area contributed by atoms with Crippen molar-refractivity contribution in [2.45, 2.75) is 25.9 Å². The van der Waals surface area contributed by atoms with Crippen molar-refractivity contribution in [3.8, 4) is 11.5 Å². The molecule has 3 heteroatoms. The van der Waals surface area contributed by atoms with Crippen LogP contribution in [0.1, 0.15) is 24.5 Å². The summed E-state index contributed by atoms with van der Waals surface area (Å²) >= 11 is 5.70. The van der Waals surface area contributed by atoms with E-state index in [2.05, 4.69) is 0 Å². The molecular formula is C17H19ClO2. The first-order valence-corrected chi connectivity index (χ1v) is 7.18. The Bertz CT molecular complexity index is 561. The van der Waals surface area contributed by atoms with Crippen LogP contribution in [0.2, 0.25) is 0 Å². The third kappa shape index (κ3) is 3.75. The summed E-state index contributed by atoms with van der Waals surface area (Å²) in [6.07, 6.45) is 0.520. The highest BCUT2D eigenvalue weighted by atomic mass is 35.5. The van der Waals surface area contributed by atoms with Gasteiger partial charge in [0.05, 0.1) is 5.60 Å². The van der Waals surface area contributed by atoms with Crippen LogP contribution in [0.15, 0.2) is 48.5 Å². The molecule has 2 aromatic carbocycles. The van der Waals surface area contributed by atoms with Crippen LogP contribution >= 0.6 is 11.6 Å². The molecular weight excluding hydrogens is 272 g/mol. The summed E-state index contributed by atoms with van der Waals surface area (Å²) in [6.45, 7) is 3.80. The lowest BCUT2D eigenvalue weighted by molar-refractivity contribution is 0.0540. The smallest absolute Gasteiger partial charge is 0.127 e. The van der Waals surface area contributed by atoms with Crippen molar-refractivity contribution in [1.29, 1.82) is 0 Å². The first kappa shape index (κ1) is 14.9. The van der Waals surface area contributed by atoms with Crippen LogP contribution in [-0.4, -0.2) is 11.0 Å². The maximum Gasteiger partial charge on any atom is 0.127 e. The van der Waals surface area contributed by atoms with Gasteiger partial charge in [-0.1, -0.05) is 24.3 Å². The fourth-order valence-electron chi connectivity index (χ4n) is 2.03. The first-order valence-electron chi connectivity index (χ1n) is 6.65. The zero-order chi connectivity index (χ0) is 14.6. The van der Waals surface area contributed by atoms with Crippen LogP contribution < -0.4 is 4.74 Å². The Kier molecular flexibility index (Phi) is 4.69. The van der Waals surface area contributed by atoms with Crippen molar-refractivity contribution in [1.82, 2.24) is 0 Å². The largest absolute Gasteiger partial charge is 0.457 e. The Morgan fingerprint density at radius 1 is 1.10 bits per heavy atom. The van der Waals surface area contributed by atoms with Gasteiger partial charge in [0.1, 0.15) is 11.5 Å². The minimum atomic E-state index is -0.899. The van der Waals surface area contributed by atoms with Gasteiger partial charge in [-0.15, -0.1) is 11.6 Å². The molecule has 0 saturated carbocycles. The Hall–Kier alpha value is -1.51. The lowest BCUT2D eigenvalue weighted by Crippen LogP contribution is -2.21. The second kappa shape index (κ2) is 6.29. The molecule has 0 spiro atoms. The molecule has 0 saturated heterocycles. The molecule has 0 fully saturated rings. The minimum absolute atomic E-state index is 0.425. The molecule has 0 aliphatic carbocycles. The molecule has 0 heterocycles. The fourth-order valence-corrected chi connectivity index (χ4v) is 2.39. The Morgan fingerprint density at radius 3 is 2.40 bits per heavy atom. The second-order valence-electron chi connectivity index (χ2n) is 5.16. The van der Waals surface area contributed by atoms with Gasteiger partial charge in [-0.3, -0.25) is 0 Å². The topological polar surface area (TPSA) is 29.5 Å². The maximum absolute atomic E-state index is 10.3. The van der Waals surface area contributed by atoms with Crippen LogP contribution in [-0.2, 0) is 5.60 Å². The van der Waals surface area contributed by atoms with E-state index < -0.39 is 5.60 Å². The first-order chi connectivity index (χ1) is 9.51. The monoisotopic (exact) mass is 290 g/mol. The molecule has 0 aromatic heterocycles. The molecule has 1 unspecified atom stereocenters. The Labute approximate surface area is 125 Å². The normalized spacial score (nSPS) is 13.8. The van der Waals surface area contributed by atoms with Crippen LogP contribution in [0, 0.1) is 6.92 Å². The van der Waals surface area contributed by atoms with E-state index in [1.165, 1.54) is 0 Å². The summed E-state index contributed by atoms with van der Waals surface area (Å²) < 4.78 is 5.78. The molecule has 20 heavy (non-hydrogen) atoms. The number of aryl methyl sites for hydroxylation is 1. The van der Waals surface area contributed by atoms with Gasteiger partial charge in [-0.25, -0.2) is 0 Å². The van der Waals surface area contributed by atoms with Gasteiger partial charge in [0.2, 0.25) is 0 Å². The van der Waals surface area contributed by atoms with E-state index in [1.54, 1.807) is 6.92 Å². The van der Waals surface area contributed by atoms with Gasteiger partial charge in [0.15, 0.2) is 0 Å². The molecule has 1 N–H and O–H groups in total. The van der Waals surface area contributed by atoms with Crippen LogP contribution in [0.25, 0.3) is 0 Å². The molecule has 0 bridgehead atoms. The summed E-state index contributed by atoms with van der Waals surface area (Å²) in [6, 6.07) is 15.4. The van der Waals surface area contributed by atoms with Gasteiger partial charge in [0.25, 0.3) is 0 Å².